The first-order chi connectivity index (χ1) is 10.9. The number of methoxy groups -OCH3 is 2. The fourth-order valence-corrected chi connectivity index (χ4v) is 3.81. The molecule has 0 aromatic rings. The second-order valence-electron chi connectivity index (χ2n) is 6.16. The highest BCUT2D eigenvalue weighted by molar-refractivity contribution is 6.07. The average Bonchev–Trinajstić information content (AvgIpc) is 2.85. The van der Waals surface area contributed by atoms with Crippen LogP contribution in [0.4, 0.5) is 0 Å². The van der Waals surface area contributed by atoms with Crippen molar-refractivity contribution in [2.24, 2.45) is 11.3 Å². The monoisotopic (exact) mass is 325 g/mol. The molecule has 1 saturated heterocycles. The molecule has 128 valence electrons. The summed E-state index contributed by atoms with van der Waals surface area (Å²) in [6, 6.07) is -0.795. The van der Waals surface area contributed by atoms with Gasteiger partial charge in [0, 0.05) is 12.8 Å². The topological polar surface area (TPSA) is 90.0 Å². The van der Waals surface area contributed by atoms with Gasteiger partial charge in [-0.1, -0.05) is 19.8 Å². The number of nitrogens with zero attached hydrogens (tertiary/aromatic N) is 1. The number of imide groups is 1. The summed E-state index contributed by atoms with van der Waals surface area (Å²) in [5.41, 5.74) is -1.59. The highest BCUT2D eigenvalue weighted by Gasteiger charge is 2.69. The summed E-state index contributed by atoms with van der Waals surface area (Å²) in [5, 5.41) is 0. The Bertz CT molecular complexity index is 497. The molecular weight excluding hydrogens is 302 g/mol. The molecule has 1 heterocycles. The average molecular weight is 325 g/mol. The van der Waals surface area contributed by atoms with E-state index in [4.69, 9.17) is 9.47 Å². The summed E-state index contributed by atoms with van der Waals surface area (Å²) >= 11 is 0. The molecule has 0 bridgehead atoms. The molecule has 0 aromatic heterocycles. The smallest absolute Gasteiger partial charge is 0.325 e. The van der Waals surface area contributed by atoms with E-state index in [2.05, 4.69) is 0 Å². The van der Waals surface area contributed by atoms with Crippen LogP contribution in [0.25, 0.3) is 0 Å². The Morgan fingerprint density at radius 2 is 1.65 bits per heavy atom. The highest BCUT2D eigenvalue weighted by Crippen LogP contribution is 2.53. The van der Waals surface area contributed by atoms with Crippen LogP contribution in [-0.4, -0.2) is 48.9 Å². The summed E-state index contributed by atoms with van der Waals surface area (Å²) in [5.74, 6) is -2.24. The van der Waals surface area contributed by atoms with Crippen LogP contribution in [0, 0.1) is 11.3 Å². The number of hydrogen-bond acceptors (Lipinski definition) is 6. The lowest BCUT2D eigenvalue weighted by Gasteiger charge is -2.53. The molecule has 2 amide bonds. The summed E-state index contributed by atoms with van der Waals surface area (Å²) in [6.07, 6.45) is 3.08. The molecule has 0 radical (unpaired) electrons. The van der Waals surface area contributed by atoms with Gasteiger partial charge in [-0.25, -0.2) is 0 Å². The lowest BCUT2D eigenvalue weighted by molar-refractivity contribution is -0.194. The molecule has 2 atom stereocenters. The van der Waals surface area contributed by atoms with Crippen LogP contribution >= 0.6 is 0 Å². The first-order valence-electron chi connectivity index (χ1n) is 7.95. The molecule has 0 N–H and O–H groups in total. The number of amides is 2. The minimum atomic E-state index is -1.59. The zero-order valence-corrected chi connectivity index (χ0v) is 13.8. The van der Waals surface area contributed by atoms with Crippen molar-refractivity contribution in [3.63, 3.8) is 0 Å². The van der Waals surface area contributed by atoms with E-state index in [0.717, 1.165) is 24.2 Å². The Hall–Kier alpha value is -1.92. The van der Waals surface area contributed by atoms with E-state index in [1.807, 2.05) is 6.92 Å². The molecule has 2 aliphatic rings. The van der Waals surface area contributed by atoms with E-state index in [1.54, 1.807) is 0 Å². The maximum absolute atomic E-state index is 12.3. The molecule has 2 fully saturated rings. The van der Waals surface area contributed by atoms with Gasteiger partial charge in [-0.2, -0.15) is 0 Å². The van der Waals surface area contributed by atoms with Gasteiger partial charge in [-0.15, -0.1) is 0 Å². The number of rotatable bonds is 6. The first kappa shape index (κ1) is 17.4. The van der Waals surface area contributed by atoms with Gasteiger partial charge < -0.3 is 9.47 Å². The molecule has 2 unspecified atom stereocenters. The molecular formula is C16H23NO6. The maximum atomic E-state index is 12.3. The predicted octanol–water partition coefficient (Wildman–Crippen LogP) is 1.05. The number of ether oxygens (including phenoxy) is 2. The van der Waals surface area contributed by atoms with Crippen molar-refractivity contribution in [3.05, 3.63) is 0 Å². The minimum absolute atomic E-state index is 0.0841. The number of carbonyl (C=O) groups is 4. The normalized spacial score (nSPS) is 26.0. The summed E-state index contributed by atoms with van der Waals surface area (Å²) < 4.78 is 9.61. The van der Waals surface area contributed by atoms with E-state index >= 15 is 0 Å². The number of likely N-dealkylation sites (tertiary alicyclic amines) is 1. The molecule has 0 spiro atoms. The van der Waals surface area contributed by atoms with Gasteiger partial charge in [-0.05, 0) is 18.8 Å². The number of carbonyl (C=O) groups excluding carboxylic acids is 4. The van der Waals surface area contributed by atoms with E-state index in [1.165, 1.54) is 14.2 Å². The van der Waals surface area contributed by atoms with Crippen molar-refractivity contribution in [2.75, 3.05) is 14.2 Å². The van der Waals surface area contributed by atoms with Crippen molar-refractivity contribution in [3.8, 4) is 0 Å². The standard InChI is InChI=1S/C16H23NO6/c1-4-5-6-10-9-16(14(20)22-2,15(21)23-3)13(10)17-11(18)7-8-12(17)19/h10,13H,4-9H2,1-3H3. The van der Waals surface area contributed by atoms with Crippen molar-refractivity contribution >= 4 is 23.8 Å². The largest absolute Gasteiger partial charge is 0.468 e. The van der Waals surface area contributed by atoms with Gasteiger partial charge in [0.1, 0.15) is 0 Å². The third-order valence-corrected chi connectivity index (χ3v) is 4.93. The minimum Gasteiger partial charge on any atom is -0.468 e. The van der Waals surface area contributed by atoms with Gasteiger partial charge in [0.2, 0.25) is 11.8 Å². The fourth-order valence-electron chi connectivity index (χ4n) is 3.81. The molecule has 0 aromatic carbocycles. The van der Waals surface area contributed by atoms with Crippen LogP contribution in [-0.2, 0) is 28.7 Å². The lowest BCUT2D eigenvalue weighted by Crippen LogP contribution is -2.69. The van der Waals surface area contributed by atoms with Crippen LogP contribution in [0.2, 0.25) is 0 Å². The van der Waals surface area contributed by atoms with Crippen molar-refractivity contribution in [1.82, 2.24) is 4.90 Å². The molecule has 1 aliphatic carbocycles. The maximum Gasteiger partial charge on any atom is 0.325 e. The zero-order valence-electron chi connectivity index (χ0n) is 13.8. The molecule has 23 heavy (non-hydrogen) atoms. The Morgan fingerprint density at radius 3 is 2.09 bits per heavy atom. The summed E-state index contributed by atoms with van der Waals surface area (Å²) in [7, 11) is 2.38. The molecule has 1 aliphatic heterocycles. The Kier molecular flexibility index (Phi) is 5.06. The summed E-state index contributed by atoms with van der Waals surface area (Å²) in [6.45, 7) is 2.04. The Morgan fingerprint density at radius 1 is 1.13 bits per heavy atom. The van der Waals surface area contributed by atoms with Crippen molar-refractivity contribution in [1.29, 1.82) is 0 Å². The molecule has 1 saturated carbocycles. The first-order valence-corrected chi connectivity index (χ1v) is 7.95. The summed E-state index contributed by atoms with van der Waals surface area (Å²) in [4.78, 5) is 50.1. The molecule has 7 nitrogen and oxygen atoms in total. The van der Waals surface area contributed by atoms with Gasteiger partial charge in [0.05, 0.1) is 20.3 Å². The number of unbranched alkanes of at least 4 members (excludes halogenated alkanes) is 1. The second kappa shape index (κ2) is 6.68. The van der Waals surface area contributed by atoms with E-state index in [0.29, 0.717) is 0 Å². The number of esters is 2. The lowest BCUT2D eigenvalue weighted by atomic mass is 9.55. The zero-order chi connectivity index (χ0) is 17.2. The van der Waals surface area contributed by atoms with Crippen molar-refractivity contribution in [2.45, 2.75) is 51.5 Å². The molecule has 2 rings (SSSR count). The second-order valence-corrected chi connectivity index (χ2v) is 6.16. The van der Waals surface area contributed by atoms with E-state index in [9.17, 15) is 19.2 Å². The van der Waals surface area contributed by atoms with Gasteiger partial charge in [0.15, 0.2) is 5.41 Å². The Balaban J connectivity index is 2.41. The van der Waals surface area contributed by atoms with Crippen LogP contribution in [0.5, 0.6) is 0 Å². The van der Waals surface area contributed by atoms with Crippen LogP contribution < -0.4 is 0 Å². The molecule has 7 heteroatoms. The van der Waals surface area contributed by atoms with Crippen LogP contribution in [0.3, 0.4) is 0 Å². The third-order valence-electron chi connectivity index (χ3n) is 4.93. The highest BCUT2D eigenvalue weighted by atomic mass is 16.5. The van der Waals surface area contributed by atoms with Crippen LogP contribution in [0.15, 0.2) is 0 Å². The van der Waals surface area contributed by atoms with Gasteiger partial charge in [-0.3, -0.25) is 24.1 Å². The van der Waals surface area contributed by atoms with Crippen LogP contribution in [0.1, 0.15) is 45.4 Å². The Labute approximate surface area is 135 Å². The predicted molar refractivity (Wildman–Crippen MR) is 79.0 cm³/mol. The van der Waals surface area contributed by atoms with Crippen molar-refractivity contribution < 1.29 is 28.7 Å². The van der Waals surface area contributed by atoms with E-state index < -0.39 is 23.4 Å². The van der Waals surface area contributed by atoms with Gasteiger partial charge in [0.25, 0.3) is 0 Å². The number of hydrogen-bond donors (Lipinski definition) is 0. The quantitative estimate of drug-likeness (QED) is 0.412. The SMILES string of the molecule is CCCCC1CC(C(=O)OC)(C(=O)OC)C1N1C(=O)CCC1=O. The van der Waals surface area contributed by atoms with Gasteiger partial charge >= 0.3 is 11.9 Å². The van der Waals surface area contributed by atoms with E-state index in [-0.39, 0.29) is 37.0 Å². The third kappa shape index (κ3) is 2.62. The fraction of sp³-hybridized carbons (Fsp3) is 0.750.